The highest BCUT2D eigenvalue weighted by molar-refractivity contribution is 6.14. The highest BCUT2D eigenvalue weighted by atomic mass is 15.0. The number of benzene rings is 9. The molecule has 12 rings (SSSR count). The van der Waals surface area contributed by atoms with Gasteiger partial charge in [0.1, 0.15) is 5.52 Å². The van der Waals surface area contributed by atoms with E-state index in [1.54, 1.807) is 0 Å². The molecule has 0 saturated carbocycles. The lowest BCUT2D eigenvalue weighted by molar-refractivity contribution is 1.15. The van der Waals surface area contributed by atoms with Crippen LogP contribution in [0.25, 0.3) is 111 Å². The maximum atomic E-state index is 5.55. The topological polar surface area (TPSA) is 35.6 Å². The molecule has 0 bridgehead atoms. The molecule has 62 heavy (non-hydrogen) atoms. The summed E-state index contributed by atoms with van der Waals surface area (Å²) in [6.07, 6.45) is 0. The molecule has 0 aliphatic rings. The van der Waals surface area contributed by atoms with Crippen LogP contribution in [0.3, 0.4) is 0 Å². The summed E-state index contributed by atoms with van der Waals surface area (Å²) in [4.78, 5) is 11.1. The number of nitrogens with zero attached hydrogens (tertiary/aromatic N) is 4. The molecular weight excluding hydrogens is 753 g/mol. The fourth-order valence-electron chi connectivity index (χ4n) is 9.20. The molecule has 0 aliphatic carbocycles. The van der Waals surface area contributed by atoms with Crippen molar-refractivity contribution in [3.05, 3.63) is 231 Å². The van der Waals surface area contributed by atoms with E-state index in [1.807, 2.05) is 0 Å². The van der Waals surface area contributed by atoms with Crippen molar-refractivity contribution < 1.29 is 0 Å². The Labute approximate surface area is 359 Å². The smallest absolute Gasteiger partial charge is 0.160 e. The number of rotatable bonds is 7. The Hall–Kier alpha value is -8.34. The lowest BCUT2D eigenvalue weighted by atomic mass is 10.00. The zero-order valence-electron chi connectivity index (χ0n) is 33.7. The van der Waals surface area contributed by atoms with Gasteiger partial charge in [-0.25, -0.2) is 9.97 Å². The van der Waals surface area contributed by atoms with Gasteiger partial charge in [-0.3, -0.25) is 0 Å². The van der Waals surface area contributed by atoms with E-state index in [0.717, 1.165) is 83.5 Å². The first-order valence-electron chi connectivity index (χ1n) is 21.1. The zero-order valence-corrected chi connectivity index (χ0v) is 33.7. The summed E-state index contributed by atoms with van der Waals surface area (Å²) in [5, 5.41) is 3.53. The Kier molecular flexibility index (Phi) is 8.46. The van der Waals surface area contributed by atoms with Gasteiger partial charge in [-0.15, -0.1) is 0 Å². The van der Waals surface area contributed by atoms with E-state index in [-0.39, 0.29) is 0 Å². The molecule has 0 atom stereocenters. The van der Waals surface area contributed by atoms with E-state index >= 15 is 0 Å². The van der Waals surface area contributed by atoms with Crippen LogP contribution in [0.5, 0.6) is 0 Å². The van der Waals surface area contributed by atoms with Crippen LogP contribution in [0.4, 0.5) is 0 Å². The predicted octanol–water partition coefficient (Wildman–Crippen LogP) is 15.0. The minimum Gasteiger partial charge on any atom is -0.309 e. The summed E-state index contributed by atoms with van der Waals surface area (Å²) in [7, 11) is 0. The van der Waals surface area contributed by atoms with E-state index in [9.17, 15) is 0 Å². The molecule has 0 aliphatic heterocycles. The van der Waals surface area contributed by atoms with Gasteiger partial charge in [-0.2, -0.15) is 0 Å². The standard InChI is InChI=1S/C58H38N4/c1-5-17-39(18-6-1)41-21-15-23-45(35-41)55-57-56(60-58(59-55)46-24-16-22-42(36-46)40-19-7-2-8-20-40)51-37-43(32-34-53(51)62(57)48-27-11-4-12-28-48)44-31-33-50-49-29-13-14-30-52(49)61(54(50)38-44)47-25-9-3-10-26-47/h1-38H. The molecule has 12 aromatic rings. The van der Waals surface area contributed by atoms with Crippen LogP contribution in [-0.2, 0) is 0 Å². The van der Waals surface area contributed by atoms with Crippen LogP contribution in [0.15, 0.2) is 231 Å². The Morgan fingerprint density at radius 2 is 0.758 bits per heavy atom. The second-order valence-corrected chi connectivity index (χ2v) is 15.8. The predicted molar refractivity (Wildman–Crippen MR) is 258 cm³/mol. The molecule has 0 saturated heterocycles. The van der Waals surface area contributed by atoms with Gasteiger partial charge in [0, 0.05) is 38.7 Å². The Bertz CT molecular complexity index is 3610. The monoisotopic (exact) mass is 790 g/mol. The highest BCUT2D eigenvalue weighted by Crippen LogP contribution is 2.42. The highest BCUT2D eigenvalue weighted by Gasteiger charge is 2.23. The number of fused-ring (bicyclic) bond motifs is 6. The second-order valence-electron chi connectivity index (χ2n) is 15.8. The van der Waals surface area contributed by atoms with E-state index in [2.05, 4.69) is 240 Å². The molecule has 290 valence electrons. The van der Waals surface area contributed by atoms with Crippen molar-refractivity contribution in [1.82, 2.24) is 19.1 Å². The molecule has 0 fully saturated rings. The molecule has 9 aromatic carbocycles. The molecule has 0 N–H and O–H groups in total. The van der Waals surface area contributed by atoms with Crippen LogP contribution in [-0.4, -0.2) is 19.1 Å². The van der Waals surface area contributed by atoms with Crippen LogP contribution < -0.4 is 0 Å². The number of aromatic nitrogens is 4. The maximum Gasteiger partial charge on any atom is 0.160 e. The van der Waals surface area contributed by atoms with Crippen molar-refractivity contribution in [3.8, 4) is 67.4 Å². The summed E-state index contributed by atoms with van der Waals surface area (Å²) in [6.45, 7) is 0. The lowest BCUT2D eigenvalue weighted by Crippen LogP contribution is -2.00. The van der Waals surface area contributed by atoms with Crippen molar-refractivity contribution >= 4 is 43.7 Å². The fourth-order valence-corrected chi connectivity index (χ4v) is 9.20. The van der Waals surface area contributed by atoms with Crippen LogP contribution >= 0.6 is 0 Å². The summed E-state index contributed by atoms with van der Waals surface area (Å²) in [5.74, 6) is 0.682. The first-order valence-corrected chi connectivity index (χ1v) is 21.1. The van der Waals surface area contributed by atoms with Gasteiger partial charge in [0.2, 0.25) is 0 Å². The Morgan fingerprint density at radius 1 is 0.274 bits per heavy atom. The largest absolute Gasteiger partial charge is 0.309 e. The SMILES string of the molecule is c1ccc(-c2cccc(-c3nc(-c4cccc(-c5ccccc5)c4)c4c(n3)c3cc(-c5ccc6c7ccccc7n(-c7ccccc7)c6c5)ccc3n4-c3ccccc3)c2)cc1. The molecule has 4 heteroatoms. The van der Waals surface area contributed by atoms with Crippen molar-refractivity contribution in [2.75, 3.05) is 0 Å². The van der Waals surface area contributed by atoms with Crippen LogP contribution in [0, 0.1) is 0 Å². The average Bonchev–Trinajstić information content (AvgIpc) is 3.87. The molecule has 3 heterocycles. The van der Waals surface area contributed by atoms with E-state index in [0.29, 0.717) is 5.82 Å². The molecule has 0 unspecified atom stereocenters. The van der Waals surface area contributed by atoms with E-state index in [4.69, 9.17) is 9.97 Å². The summed E-state index contributed by atoms with van der Waals surface area (Å²) in [5.41, 5.74) is 17.2. The number of para-hydroxylation sites is 3. The molecule has 0 radical (unpaired) electrons. The first kappa shape index (κ1) is 35.6. The summed E-state index contributed by atoms with van der Waals surface area (Å²) < 4.78 is 4.73. The third-order valence-corrected chi connectivity index (χ3v) is 12.1. The Morgan fingerprint density at radius 3 is 1.45 bits per heavy atom. The van der Waals surface area contributed by atoms with Crippen molar-refractivity contribution in [3.63, 3.8) is 0 Å². The van der Waals surface area contributed by atoms with Gasteiger partial charge in [-0.1, -0.05) is 170 Å². The van der Waals surface area contributed by atoms with Crippen molar-refractivity contribution in [1.29, 1.82) is 0 Å². The van der Waals surface area contributed by atoms with E-state index < -0.39 is 0 Å². The minimum atomic E-state index is 0.682. The van der Waals surface area contributed by atoms with Crippen molar-refractivity contribution in [2.45, 2.75) is 0 Å². The van der Waals surface area contributed by atoms with Crippen LogP contribution in [0.1, 0.15) is 0 Å². The minimum absolute atomic E-state index is 0.682. The Balaban J connectivity index is 1.14. The van der Waals surface area contributed by atoms with Gasteiger partial charge in [0.05, 0.1) is 27.8 Å². The van der Waals surface area contributed by atoms with Gasteiger partial charge in [0.15, 0.2) is 5.82 Å². The third-order valence-electron chi connectivity index (χ3n) is 12.1. The third kappa shape index (κ3) is 6.00. The molecular formula is C58H38N4. The molecule has 0 spiro atoms. The number of hydrogen-bond donors (Lipinski definition) is 0. The number of hydrogen-bond acceptors (Lipinski definition) is 2. The summed E-state index contributed by atoms with van der Waals surface area (Å²) in [6, 6.07) is 82.1. The second kappa shape index (κ2) is 14.7. The zero-order chi connectivity index (χ0) is 41.0. The van der Waals surface area contributed by atoms with Gasteiger partial charge < -0.3 is 9.13 Å². The lowest BCUT2D eigenvalue weighted by Gasteiger charge is -2.13. The quantitative estimate of drug-likeness (QED) is 0.161. The van der Waals surface area contributed by atoms with Crippen LogP contribution in [0.2, 0.25) is 0 Å². The average molecular weight is 791 g/mol. The molecule has 3 aromatic heterocycles. The maximum absolute atomic E-state index is 5.55. The van der Waals surface area contributed by atoms with Gasteiger partial charge in [-0.05, 0) is 94.0 Å². The molecule has 4 nitrogen and oxygen atoms in total. The first-order chi connectivity index (χ1) is 30.7. The van der Waals surface area contributed by atoms with Crippen molar-refractivity contribution in [2.24, 2.45) is 0 Å². The molecule has 0 amide bonds. The van der Waals surface area contributed by atoms with Gasteiger partial charge >= 0.3 is 0 Å². The van der Waals surface area contributed by atoms with Gasteiger partial charge in [0.25, 0.3) is 0 Å². The fraction of sp³-hybridized carbons (Fsp3) is 0. The summed E-state index contributed by atoms with van der Waals surface area (Å²) >= 11 is 0. The van der Waals surface area contributed by atoms with E-state index in [1.165, 1.54) is 21.8 Å². The normalized spacial score (nSPS) is 11.5.